The number of morpholine rings is 1. The highest BCUT2D eigenvalue weighted by Crippen LogP contribution is 2.53. The number of nitrogens with one attached hydrogen (secondary N) is 1. The van der Waals surface area contributed by atoms with Crippen molar-refractivity contribution in [3.8, 4) is 34.4 Å². The standard InChI is InChI=1S/C32H37NO11.C24H24N4O4S2/c1-4-6-22(35)43-13-21(34)32(41)11-17-24(20(12-32)44-15-9-14(2)27(36)18(33)10-15)31(40)26-25(29(17)38)28(37)16-7-5-8-19(42-3)23(16)30(26)39;1-33-34-14-9-25-24(29)31-17-6-4-5-16(15-17)22-26-20-18-7-2-3-8-19(18)32-21(20)23(27-22)28-10-12-30-13-11-28/h5,7-8,14-15,18,20,27,36,38,40-41H,4,6,9-13,33H2,1-3H3;2-8,15H,9-14H2,1H3,(H,25,29)/t14-,15?,18+,20?,27-,32+;/m1./s1. The average molecular weight is 1110 g/mol. The van der Waals surface area contributed by atoms with Crippen molar-refractivity contribution in [1.29, 1.82) is 0 Å². The fourth-order valence-corrected chi connectivity index (χ4v) is 11.6. The number of carbonyl (C=O) groups excluding carboxylic acids is 5. The molecule has 2 aromatic heterocycles. The Kier molecular flexibility index (Phi) is 17.3. The summed E-state index contributed by atoms with van der Waals surface area (Å²) < 4.78 is 33.9. The Morgan fingerprint density at radius 3 is 2.46 bits per heavy atom. The normalized spacial score (nSPS) is 21.7. The number of methoxy groups -OCH3 is 1. The molecule has 6 atom stereocenters. The van der Waals surface area contributed by atoms with E-state index in [1.54, 1.807) is 47.6 Å². The summed E-state index contributed by atoms with van der Waals surface area (Å²) in [6, 6.07) is 18.9. The number of furan rings is 1. The minimum atomic E-state index is -2.23. The van der Waals surface area contributed by atoms with Gasteiger partial charge in [0.25, 0.3) is 0 Å². The van der Waals surface area contributed by atoms with Crippen LogP contribution in [0.15, 0.2) is 71.1 Å². The predicted molar refractivity (Wildman–Crippen MR) is 292 cm³/mol. The number of fused-ring (bicyclic) bond motifs is 6. The van der Waals surface area contributed by atoms with Gasteiger partial charge in [-0.1, -0.05) is 71.8 Å². The lowest BCUT2D eigenvalue weighted by Crippen LogP contribution is -2.50. The molecule has 4 aliphatic rings. The van der Waals surface area contributed by atoms with Crippen LogP contribution in [0.4, 0.5) is 10.6 Å². The third-order valence-electron chi connectivity index (χ3n) is 14.3. The molecule has 6 aromatic rings. The van der Waals surface area contributed by atoms with E-state index >= 15 is 0 Å². The molecule has 0 bridgehead atoms. The molecule has 1 aliphatic heterocycles. The van der Waals surface area contributed by atoms with Crippen molar-refractivity contribution < 1.29 is 72.5 Å². The highest BCUT2D eigenvalue weighted by atomic mass is 33.1. The van der Waals surface area contributed by atoms with E-state index in [4.69, 9.17) is 43.8 Å². The van der Waals surface area contributed by atoms with Crippen LogP contribution in [-0.2, 0) is 30.2 Å². The molecule has 1 saturated heterocycles. The van der Waals surface area contributed by atoms with Crippen molar-refractivity contribution in [2.45, 2.75) is 82.3 Å². The largest absolute Gasteiger partial charge is 0.507 e. The minimum absolute atomic E-state index is 0.0435. The Bertz CT molecular complexity index is 3260. The maximum atomic E-state index is 13.8. The molecule has 0 spiro atoms. The van der Waals surface area contributed by atoms with Crippen LogP contribution in [0.25, 0.3) is 33.5 Å². The second-order valence-corrected chi connectivity index (χ2v) is 22.2. The van der Waals surface area contributed by atoms with E-state index in [9.17, 15) is 44.4 Å². The molecule has 2 unspecified atom stereocenters. The summed E-state index contributed by atoms with van der Waals surface area (Å²) in [5.74, 6) is -1.89. The fraction of sp³-hybridized carbons (Fsp3) is 0.411. The van der Waals surface area contributed by atoms with Gasteiger partial charge in [0, 0.05) is 78.3 Å². The maximum absolute atomic E-state index is 13.8. The zero-order valence-corrected chi connectivity index (χ0v) is 45.1. The van der Waals surface area contributed by atoms with Crippen molar-refractivity contribution in [1.82, 2.24) is 15.3 Å². The summed E-state index contributed by atoms with van der Waals surface area (Å²) in [6.07, 6.45) is -0.894. The van der Waals surface area contributed by atoms with Gasteiger partial charge in [0.05, 0.1) is 55.3 Å². The summed E-state index contributed by atoms with van der Waals surface area (Å²) in [6.45, 7) is 6.08. The van der Waals surface area contributed by atoms with Crippen LogP contribution in [0.5, 0.6) is 23.0 Å². The first-order valence-electron chi connectivity index (χ1n) is 25.7. The van der Waals surface area contributed by atoms with Crippen LogP contribution in [-0.4, -0.2) is 142 Å². The monoisotopic (exact) mass is 1110 g/mol. The molecule has 1 saturated carbocycles. The molecule has 3 aliphatic carbocycles. The Balaban J connectivity index is 0.000000196. The summed E-state index contributed by atoms with van der Waals surface area (Å²) in [4.78, 5) is 76.9. The fourth-order valence-electron chi connectivity index (χ4n) is 10.5. The first kappa shape index (κ1) is 55.9. The number of amides is 1. The average Bonchev–Trinajstić information content (AvgIpc) is 3.82. The number of aromatic nitrogens is 2. The second-order valence-electron chi connectivity index (χ2n) is 19.6. The number of aliphatic hydroxyl groups is 2. The zero-order valence-electron chi connectivity index (χ0n) is 43.4. The number of ether oxygens (including phenoxy) is 5. The third kappa shape index (κ3) is 11.4. The summed E-state index contributed by atoms with van der Waals surface area (Å²) in [5.41, 5.74) is 5.65. The van der Waals surface area contributed by atoms with E-state index in [0.29, 0.717) is 49.8 Å². The lowest BCUT2D eigenvalue weighted by atomic mass is 9.71. The molecule has 0 radical (unpaired) electrons. The molecule has 78 heavy (non-hydrogen) atoms. The lowest BCUT2D eigenvalue weighted by molar-refractivity contribution is -0.160. The topological polar surface area (TPSA) is 293 Å². The minimum Gasteiger partial charge on any atom is -0.507 e. The molecular formula is C56H61N5O15S2. The van der Waals surface area contributed by atoms with Crippen LogP contribution in [0, 0.1) is 5.92 Å². The number of hydrogen-bond acceptors (Lipinski definition) is 21. The number of para-hydroxylation sites is 1. The number of hydrogen-bond donors (Lipinski definition) is 6. The molecule has 7 N–H and O–H groups in total. The summed E-state index contributed by atoms with van der Waals surface area (Å²) in [5, 5.41) is 49.0. The van der Waals surface area contributed by atoms with Crippen molar-refractivity contribution in [2.75, 3.05) is 63.5 Å². The van der Waals surface area contributed by atoms with Crippen LogP contribution >= 0.6 is 21.6 Å². The Labute approximate surface area is 456 Å². The van der Waals surface area contributed by atoms with Gasteiger partial charge in [-0.25, -0.2) is 14.8 Å². The first-order valence-corrected chi connectivity index (χ1v) is 28.4. The van der Waals surface area contributed by atoms with Crippen molar-refractivity contribution >= 4 is 78.9 Å². The van der Waals surface area contributed by atoms with Gasteiger partial charge in [-0.15, -0.1) is 0 Å². The molecule has 412 valence electrons. The molecule has 4 aromatic carbocycles. The third-order valence-corrected chi connectivity index (χ3v) is 16.2. The van der Waals surface area contributed by atoms with Gasteiger partial charge in [-0.05, 0) is 61.8 Å². The number of aromatic hydroxyl groups is 2. The summed E-state index contributed by atoms with van der Waals surface area (Å²) in [7, 11) is 4.68. The number of phenols is 2. The number of Topliss-reactive ketones (excluding diaryl/α,β-unsaturated/α-hetero) is 1. The van der Waals surface area contributed by atoms with Gasteiger partial charge in [-0.3, -0.25) is 19.2 Å². The van der Waals surface area contributed by atoms with Gasteiger partial charge in [0.1, 0.15) is 39.7 Å². The molecule has 2 fully saturated rings. The van der Waals surface area contributed by atoms with E-state index in [2.05, 4.69) is 10.2 Å². The Morgan fingerprint density at radius 1 is 0.962 bits per heavy atom. The van der Waals surface area contributed by atoms with Gasteiger partial charge >= 0.3 is 12.1 Å². The SMILES string of the molecule is CCCC(=O)OCC(=O)[C@]1(O)Cc2c(O)c3c(c(O)c2C(OC2C[C@@H](C)[C@@H](O)[C@@H](N)C2)C1)C(=O)c1c(OC)cccc1C3=O.CSSCCNC(=O)Oc1cccc(-c2nc(N3CCOCC3)c3oc4ccccc4c3n2)c1. The van der Waals surface area contributed by atoms with E-state index in [1.807, 2.05) is 42.7 Å². The number of rotatable bonds is 15. The molecule has 1 amide bonds. The molecule has 20 nitrogen and oxygen atoms in total. The number of esters is 1. The quantitative estimate of drug-likeness (QED) is 0.0261. The first-order chi connectivity index (χ1) is 37.5. The molecular weight excluding hydrogens is 1050 g/mol. The van der Waals surface area contributed by atoms with Crippen molar-refractivity contribution in [3.63, 3.8) is 0 Å². The van der Waals surface area contributed by atoms with Gasteiger partial charge in [-0.2, -0.15) is 0 Å². The zero-order chi connectivity index (χ0) is 55.4. The molecule has 3 heterocycles. The van der Waals surface area contributed by atoms with Gasteiger partial charge in [0.2, 0.25) is 11.6 Å². The number of phenolic OH excluding ortho intramolecular Hbond substituents is 2. The number of carbonyl (C=O) groups is 5. The van der Waals surface area contributed by atoms with Crippen LogP contribution < -0.4 is 25.4 Å². The number of nitrogens with zero attached hydrogens (tertiary/aromatic N) is 3. The van der Waals surface area contributed by atoms with Crippen LogP contribution in [0.2, 0.25) is 0 Å². The number of nitrogens with two attached hydrogens (primary N) is 1. The smallest absolute Gasteiger partial charge is 0.412 e. The number of aliphatic hydroxyl groups excluding tert-OH is 1. The van der Waals surface area contributed by atoms with E-state index in [-0.39, 0.29) is 46.8 Å². The van der Waals surface area contributed by atoms with Gasteiger partial charge in [0.15, 0.2) is 29.6 Å². The maximum Gasteiger partial charge on any atom is 0.412 e. The number of benzene rings is 4. The predicted octanol–water partition coefficient (Wildman–Crippen LogP) is 7.00. The number of ketones is 3. The summed E-state index contributed by atoms with van der Waals surface area (Å²) >= 11 is 0. The van der Waals surface area contributed by atoms with E-state index in [1.165, 1.54) is 25.3 Å². The lowest BCUT2D eigenvalue weighted by Gasteiger charge is -2.42. The second kappa shape index (κ2) is 24.1. The van der Waals surface area contributed by atoms with E-state index < -0.39 is 101 Å². The van der Waals surface area contributed by atoms with Crippen molar-refractivity contribution in [3.05, 3.63) is 100 Å². The van der Waals surface area contributed by atoms with Gasteiger partial charge < -0.3 is 64.5 Å². The Morgan fingerprint density at radius 2 is 1.72 bits per heavy atom. The Hall–Kier alpha value is -6.79. The van der Waals surface area contributed by atoms with Crippen LogP contribution in [0.1, 0.15) is 95.0 Å². The van der Waals surface area contributed by atoms with Crippen LogP contribution in [0.3, 0.4) is 0 Å². The molecule has 22 heteroatoms. The highest BCUT2D eigenvalue weighted by molar-refractivity contribution is 8.76. The van der Waals surface area contributed by atoms with Crippen molar-refractivity contribution in [2.24, 2.45) is 11.7 Å². The molecule has 10 rings (SSSR count). The highest BCUT2D eigenvalue weighted by Gasteiger charge is 2.50. The van der Waals surface area contributed by atoms with E-state index in [0.717, 1.165) is 46.7 Å². The number of anilines is 1.